The molecule has 0 spiro atoms. The van der Waals surface area contributed by atoms with Gasteiger partial charge in [-0.15, -0.1) is 0 Å². The predicted molar refractivity (Wildman–Crippen MR) is 99.7 cm³/mol. The van der Waals surface area contributed by atoms with Gasteiger partial charge in [0.2, 0.25) is 5.91 Å². The van der Waals surface area contributed by atoms with Gasteiger partial charge < -0.3 is 14.6 Å². The number of aromatic nitrogens is 1. The Hall–Kier alpha value is -2.66. The Balaban J connectivity index is 2.15. The minimum absolute atomic E-state index is 0.0179. The molecule has 0 aliphatic rings. The van der Waals surface area contributed by atoms with Gasteiger partial charge in [-0.1, -0.05) is 31.2 Å². The van der Waals surface area contributed by atoms with Crippen LogP contribution in [0.2, 0.25) is 0 Å². The van der Waals surface area contributed by atoms with E-state index in [0.29, 0.717) is 23.9 Å². The molecule has 2 aromatic carbocycles. The van der Waals surface area contributed by atoms with E-state index in [0.717, 1.165) is 17.5 Å². The fraction of sp³-hybridized carbons (Fsp3) is 0.300. The number of rotatable bonds is 6. The number of hydrogen-bond acceptors (Lipinski definition) is 3. The lowest BCUT2D eigenvalue weighted by atomic mass is 10.1. The SMILES string of the molecule is CCCN(CCO)C(=O)Cn1c2ccccc2c(=O)c2ccccc21. The third-order valence-corrected chi connectivity index (χ3v) is 4.39. The van der Waals surface area contributed by atoms with E-state index < -0.39 is 0 Å². The highest BCUT2D eigenvalue weighted by atomic mass is 16.3. The average Bonchev–Trinajstić information content (AvgIpc) is 2.65. The van der Waals surface area contributed by atoms with Crippen LogP contribution in [-0.2, 0) is 11.3 Å². The molecule has 0 fully saturated rings. The Labute approximate surface area is 146 Å². The number of hydrogen-bond donors (Lipinski definition) is 1. The first-order valence-electron chi connectivity index (χ1n) is 8.56. The van der Waals surface area contributed by atoms with Crippen LogP contribution in [0.15, 0.2) is 53.3 Å². The Kier molecular flexibility index (Phi) is 5.14. The fourth-order valence-corrected chi connectivity index (χ4v) is 3.23. The minimum Gasteiger partial charge on any atom is -0.395 e. The maximum absolute atomic E-state index is 12.8. The van der Waals surface area contributed by atoms with Crippen molar-refractivity contribution in [1.82, 2.24) is 9.47 Å². The third kappa shape index (κ3) is 3.28. The molecule has 0 saturated heterocycles. The lowest BCUT2D eigenvalue weighted by Gasteiger charge is -2.23. The fourth-order valence-electron chi connectivity index (χ4n) is 3.23. The molecular formula is C20H22N2O3. The van der Waals surface area contributed by atoms with Crippen molar-refractivity contribution in [2.45, 2.75) is 19.9 Å². The molecule has 0 radical (unpaired) electrons. The van der Waals surface area contributed by atoms with Crippen LogP contribution in [0.1, 0.15) is 13.3 Å². The van der Waals surface area contributed by atoms with Gasteiger partial charge >= 0.3 is 0 Å². The molecule has 0 saturated carbocycles. The average molecular weight is 338 g/mol. The van der Waals surface area contributed by atoms with Crippen molar-refractivity contribution in [3.8, 4) is 0 Å². The van der Waals surface area contributed by atoms with Crippen LogP contribution >= 0.6 is 0 Å². The smallest absolute Gasteiger partial charge is 0.242 e. The summed E-state index contributed by atoms with van der Waals surface area (Å²) in [4.78, 5) is 27.2. The lowest BCUT2D eigenvalue weighted by molar-refractivity contribution is -0.132. The first kappa shape index (κ1) is 17.2. The molecule has 1 heterocycles. The van der Waals surface area contributed by atoms with Crippen molar-refractivity contribution in [2.75, 3.05) is 19.7 Å². The summed E-state index contributed by atoms with van der Waals surface area (Å²) in [5.41, 5.74) is 1.48. The molecule has 5 heteroatoms. The van der Waals surface area contributed by atoms with Gasteiger partial charge in [-0.05, 0) is 30.7 Å². The number of fused-ring (bicyclic) bond motifs is 2. The van der Waals surface area contributed by atoms with E-state index in [1.165, 1.54) is 0 Å². The Morgan fingerprint density at radius 2 is 1.56 bits per heavy atom. The number of benzene rings is 2. The molecule has 0 bridgehead atoms. The summed E-state index contributed by atoms with van der Waals surface area (Å²) in [5, 5.41) is 10.4. The van der Waals surface area contributed by atoms with E-state index in [9.17, 15) is 14.7 Å². The standard InChI is InChI=1S/C20H22N2O3/c1-2-11-21(12-13-23)19(24)14-22-17-9-5-3-7-15(17)20(25)16-8-4-6-10-18(16)22/h3-10,23H,2,11-14H2,1H3. The van der Waals surface area contributed by atoms with E-state index in [1.807, 2.05) is 47.9 Å². The van der Waals surface area contributed by atoms with Crippen molar-refractivity contribution in [3.63, 3.8) is 0 Å². The summed E-state index contributed by atoms with van der Waals surface area (Å²) in [6.45, 7) is 3.01. The van der Waals surface area contributed by atoms with E-state index in [4.69, 9.17) is 0 Å². The van der Waals surface area contributed by atoms with Gasteiger partial charge in [0.05, 0.1) is 17.6 Å². The zero-order valence-electron chi connectivity index (χ0n) is 14.3. The molecule has 0 aliphatic heterocycles. The number of carbonyl (C=O) groups is 1. The van der Waals surface area contributed by atoms with E-state index in [2.05, 4.69) is 0 Å². The van der Waals surface area contributed by atoms with E-state index in [-0.39, 0.29) is 24.5 Å². The maximum atomic E-state index is 12.8. The van der Waals surface area contributed by atoms with Crippen molar-refractivity contribution >= 4 is 27.7 Å². The first-order chi connectivity index (χ1) is 12.2. The van der Waals surface area contributed by atoms with Crippen LogP contribution in [0.4, 0.5) is 0 Å². The molecule has 3 rings (SSSR count). The number of aliphatic hydroxyl groups excluding tert-OH is 1. The van der Waals surface area contributed by atoms with Crippen molar-refractivity contribution in [3.05, 3.63) is 58.8 Å². The maximum Gasteiger partial charge on any atom is 0.242 e. The van der Waals surface area contributed by atoms with Gasteiger partial charge in [0.1, 0.15) is 6.54 Å². The highest BCUT2D eigenvalue weighted by Gasteiger charge is 2.16. The summed E-state index contributed by atoms with van der Waals surface area (Å²) in [7, 11) is 0. The van der Waals surface area contributed by atoms with Gasteiger partial charge in [0, 0.05) is 23.9 Å². The molecule has 5 nitrogen and oxygen atoms in total. The molecule has 0 atom stereocenters. The predicted octanol–water partition coefficient (Wildman–Crippen LogP) is 2.39. The number of aliphatic hydroxyl groups is 1. The van der Waals surface area contributed by atoms with E-state index >= 15 is 0 Å². The van der Waals surface area contributed by atoms with Crippen LogP contribution in [0, 0.1) is 0 Å². The Bertz CT molecular complexity index is 896. The Morgan fingerprint density at radius 1 is 1.00 bits per heavy atom. The normalized spacial score (nSPS) is 11.1. The molecule has 25 heavy (non-hydrogen) atoms. The number of pyridine rings is 1. The van der Waals surface area contributed by atoms with Crippen molar-refractivity contribution in [1.29, 1.82) is 0 Å². The molecule has 3 aromatic rings. The van der Waals surface area contributed by atoms with Crippen LogP contribution in [0.5, 0.6) is 0 Å². The van der Waals surface area contributed by atoms with Crippen LogP contribution in [0.3, 0.4) is 0 Å². The van der Waals surface area contributed by atoms with Gasteiger partial charge in [0.25, 0.3) is 0 Å². The molecule has 1 aromatic heterocycles. The number of carbonyl (C=O) groups excluding carboxylic acids is 1. The number of nitrogens with zero attached hydrogens (tertiary/aromatic N) is 2. The third-order valence-electron chi connectivity index (χ3n) is 4.39. The summed E-state index contributed by atoms with van der Waals surface area (Å²) in [6.07, 6.45) is 0.831. The van der Waals surface area contributed by atoms with Crippen LogP contribution in [0.25, 0.3) is 21.8 Å². The summed E-state index contributed by atoms with van der Waals surface area (Å²) < 4.78 is 1.90. The largest absolute Gasteiger partial charge is 0.395 e. The summed E-state index contributed by atoms with van der Waals surface area (Å²) in [6, 6.07) is 14.7. The molecule has 0 unspecified atom stereocenters. The van der Waals surface area contributed by atoms with Gasteiger partial charge in [-0.2, -0.15) is 0 Å². The molecule has 1 N–H and O–H groups in total. The van der Waals surface area contributed by atoms with Gasteiger partial charge in [-0.3, -0.25) is 9.59 Å². The lowest BCUT2D eigenvalue weighted by Crippen LogP contribution is -2.37. The van der Waals surface area contributed by atoms with Gasteiger partial charge in [0.15, 0.2) is 5.43 Å². The highest BCUT2D eigenvalue weighted by molar-refractivity contribution is 5.94. The molecule has 1 amide bonds. The molecule has 130 valence electrons. The zero-order chi connectivity index (χ0) is 17.8. The second kappa shape index (κ2) is 7.49. The quantitative estimate of drug-likeness (QED) is 0.702. The zero-order valence-corrected chi connectivity index (χ0v) is 14.3. The first-order valence-corrected chi connectivity index (χ1v) is 8.56. The van der Waals surface area contributed by atoms with Gasteiger partial charge in [-0.25, -0.2) is 0 Å². The second-order valence-corrected chi connectivity index (χ2v) is 6.05. The second-order valence-electron chi connectivity index (χ2n) is 6.05. The van der Waals surface area contributed by atoms with E-state index in [1.54, 1.807) is 17.0 Å². The number of amides is 1. The van der Waals surface area contributed by atoms with Crippen molar-refractivity contribution < 1.29 is 9.90 Å². The number of para-hydroxylation sites is 2. The monoisotopic (exact) mass is 338 g/mol. The molecule has 0 aliphatic carbocycles. The minimum atomic E-state index is -0.0603. The topological polar surface area (TPSA) is 62.5 Å². The Morgan fingerprint density at radius 3 is 2.08 bits per heavy atom. The summed E-state index contributed by atoms with van der Waals surface area (Å²) >= 11 is 0. The van der Waals surface area contributed by atoms with Crippen LogP contribution < -0.4 is 5.43 Å². The highest BCUT2D eigenvalue weighted by Crippen LogP contribution is 2.19. The summed E-state index contributed by atoms with van der Waals surface area (Å²) in [5.74, 6) is -0.0603. The molecular weight excluding hydrogens is 316 g/mol. The van der Waals surface area contributed by atoms with Crippen molar-refractivity contribution in [2.24, 2.45) is 0 Å². The van der Waals surface area contributed by atoms with Crippen LogP contribution in [-0.4, -0.2) is 40.2 Å².